The Morgan fingerprint density at radius 2 is 1.62 bits per heavy atom. The molecule has 0 aromatic heterocycles. The normalized spacial score (nSPS) is 40.2. The van der Waals surface area contributed by atoms with E-state index in [9.17, 15) is 0 Å². The quantitative estimate of drug-likeness (QED) is 0.245. The summed E-state index contributed by atoms with van der Waals surface area (Å²) in [5, 5.41) is 4.36. The third-order valence-corrected chi connectivity index (χ3v) is 13.9. The molecule has 0 amide bonds. The molecule has 0 saturated heterocycles. The Bertz CT molecular complexity index is 1180. The highest BCUT2D eigenvalue weighted by atomic mass is 14.9. The van der Waals surface area contributed by atoms with E-state index < -0.39 is 0 Å². The summed E-state index contributed by atoms with van der Waals surface area (Å²) in [5.41, 5.74) is 5.35. The van der Waals surface area contributed by atoms with E-state index in [1.54, 1.807) is 5.70 Å². The molecular formula is C43H64N2. The third-order valence-electron chi connectivity index (χ3n) is 13.9. The standard InChI is InChI=1S/C43H64N2/c1-3-5-10-30(4-2)35-20-22-42(43(28-35)45-37-21-19-31-11-6-7-12-34(31)27-37)41-24-23-38(39-13-8-9-14-40(39)41)33-17-15-32(16-18-33)36-25-26-44-29-36/h8,13,15,17,23-24,28-30,32-33,35-42,45H,3-7,9-12,14,16,18-22,25-27H2,1-2H3/t30?,32?,33?,35?,36?,37-,38?,39?,40?,41?,42?/m0/s1. The predicted octanol–water partition coefficient (Wildman–Crippen LogP) is 11.2. The van der Waals surface area contributed by atoms with Crippen LogP contribution in [0.3, 0.4) is 0 Å². The summed E-state index contributed by atoms with van der Waals surface area (Å²) in [6.45, 7) is 5.87. The van der Waals surface area contributed by atoms with Gasteiger partial charge in [0.25, 0.3) is 0 Å². The molecular weight excluding hydrogens is 544 g/mol. The van der Waals surface area contributed by atoms with Gasteiger partial charge in [-0.25, -0.2) is 0 Å². The summed E-state index contributed by atoms with van der Waals surface area (Å²) in [7, 11) is 0. The summed E-state index contributed by atoms with van der Waals surface area (Å²) >= 11 is 0. The lowest BCUT2D eigenvalue weighted by Crippen LogP contribution is -2.43. The van der Waals surface area contributed by atoms with Gasteiger partial charge >= 0.3 is 0 Å². The van der Waals surface area contributed by atoms with Gasteiger partial charge in [0.15, 0.2) is 0 Å². The zero-order valence-corrected chi connectivity index (χ0v) is 28.9. The van der Waals surface area contributed by atoms with Crippen LogP contribution in [0.4, 0.5) is 0 Å². The second-order valence-corrected chi connectivity index (χ2v) is 16.4. The van der Waals surface area contributed by atoms with Crippen molar-refractivity contribution in [1.29, 1.82) is 0 Å². The molecule has 7 aliphatic rings. The number of fused-ring (bicyclic) bond motifs is 1. The van der Waals surface area contributed by atoms with E-state index in [2.05, 4.69) is 72.9 Å². The Kier molecular flexibility index (Phi) is 10.5. The molecule has 246 valence electrons. The van der Waals surface area contributed by atoms with Crippen molar-refractivity contribution in [2.45, 2.75) is 135 Å². The zero-order chi connectivity index (χ0) is 30.6. The van der Waals surface area contributed by atoms with E-state index in [4.69, 9.17) is 0 Å². The highest BCUT2D eigenvalue weighted by Crippen LogP contribution is 2.51. The number of hydrogen-bond acceptors (Lipinski definition) is 2. The van der Waals surface area contributed by atoms with Crippen LogP contribution in [0.2, 0.25) is 0 Å². The lowest BCUT2D eigenvalue weighted by Gasteiger charge is -2.48. The molecule has 0 aromatic carbocycles. The average Bonchev–Trinajstić information content (AvgIpc) is 3.64. The van der Waals surface area contributed by atoms with Crippen molar-refractivity contribution < 1.29 is 0 Å². The number of nitrogens with zero attached hydrogens (tertiary/aromatic N) is 1. The van der Waals surface area contributed by atoms with Gasteiger partial charge in [-0.2, -0.15) is 0 Å². The first kappa shape index (κ1) is 31.8. The van der Waals surface area contributed by atoms with Crippen LogP contribution in [-0.2, 0) is 0 Å². The molecule has 0 spiro atoms. The second kappa shape index (κ2) is 14.9. The summed E-state index contributed by atoms with van der Waals surface area (Å²) in [6.07, 6.45) is 45.6. The minimum absolute atomic E-state index is 0.651. The molecule has 7 rings (SSSR count). The molecule has 0 saturated carbocycles. The van der Waals surface area contributed by atoms with Crippen molar-refractivity contribution in [2.24, 2.45) is 64.2 Å². The Morgan fingerprint density at radius 1 is 0.778 bits per heavy atom. The fraction of sp³-hybridized carbons (Fsp3) is 0.744. The van der Waals surface area contributed by atoms with Crippen molar-refractivity contribution in [2.75, 3.05) is 6.54 Å². The number of rotatable bonds is 10. The molecule has 0 radical (unpaired) electrons. The number of unbranched alkanes of at least 4 members (excludes halogenated alkanes) is 1. The monoisotopic (exact) mass is 609 g/mol. The largest absolute Gasteiger partial charge is 0.385 e. The maximum Gasteiger partial charge on any atom is 0.0391 e. The minimum Gasteiger partial charge on any atom is -0.385 e. The number of hydrogen-bond donors (Lipinski definition) is 1. The molecule has 0 fully saturated rings. The molecule has 1 heterocycles. The Labute approximate surface area is 276 Å². The SMILES string of the molecule is CCCCC(CC)C1C=C(N[C@H]2CCC3=C(CCCC3)C2)C(C2C=CC(C3C=CC(C4C=NCC4)CC3)C3C=CCCC23)CC1. The molecule has 1 N–H and O–H groups in total. The molecule has 10 unspecified atom stereocenters. The molecule has 6 aliphatic carbocycles. The van der Waals surface area contributed by atoms with Gasteiger partial charge in [0.1, 0.15) is 0 Å². The zero-order valence-electron chi connectivity index (χ0n) is 28.9. The first-order valence-corrected chi connectivity index (χ1v) is 19.9. The van der Waals surface area contributed by atoms with Crippen molar-refractivity contribution in [3.8, 4) is 0 Å². The molecule has 0 bridgehead atoms. The summed E-state index contributed by atoms with van der Waals surface area (Å²) in [4.78, 5) is 4.56. The van der Waals surface area contributed by atoms with Crippen LogP contribution in [0, 0.1) is 59.2 Å². The maximum atomic E-state index is 4.56. The number of aliphatic imine (C=N–C) groups is 1. The van der Waals surface area contributed by atoms with Crippen LogP contribution in [0.1, 0.15) is 129 Å². The van der Waals surface area contributed by atoms with Crippen LogP contribution < -0.4 is 5.32 Å². The van der Waals surface area contributed by atoms with Crippen LogP contribution in [0.25, 0.3) is 0 Å². The summed E-state index contributed by atoms with van der Waals surface area (Å²) in [6, 6.07) is 0.651. The molecule has 45 heavy (non-hydrogen) atoms. The topological polar surface area (TPSA) is 24.4 Å². The Morgan fingerprint density at radius 3 is 2.42 bits per heavy atom. The molecule has 2 heteroatoms. The molecule has 2 nitrogen and oxygen atoms in total. The summed E-state index contributed by atoms with van der Waals surface area (Å²) < 4.78 is 0. The van der Waals surface area contributed by atoms with Crippen LogP contribution in [-0.4, -0.2) is 18.8 Å². The van der Waals surface area contributed by atoms with Crippen molar-refractivity contribution in [1.82, 2.24) is 5.32 Å². The minimum atomic E-state index is 0.651. The fourth-order valence-corrected chi connectivity index (χ4v) is 11.3. The van der Waals surface area contributed by atoms with E-state index >= 15 is 0 Å². The first-order valence-electron chi connectivity index (χ1n) is 19.9. The molecule has 11 atom stereocenters. The van der Waals surface area contributed by atoms with Gasteiger partial charge < -0.3 is 5.32 Å². The van der Waals surface area contributed by atoms with E-state index in [0.717, 1.165) is 30.2 Å². The smallest absolute Gasteiger partial charge is 0.0391 e. The summed E-state index contributed by atoms with van der Waals surface area (Å²) in [5.74, 6) is 7.31. The van der Waals surface area contributed by atoms with Gasteiger partial charge in [-0.1, -0.05) is 86.8 Å². The van der Waals surface area contributed by atoms with Gasteiger partial charge in [0.2, 0.25) is 0 Å². The van der Waals surface area contributed by atoms with E-state index in [-0.39, 0.29) is 0 Å². The lowest BCUT2D eigenvalue weighted by atomic mass is 9.58. The molecule has 1 aliphatic heterocycles. The van der Waals surface area contributed by atoms with Crippen LogP contribution >= 0.6 is 0 Å². The molecule has 0 aromatic rings. The van der Waals surface area contributed by atoms with Gasteiger partial charge in [0.05, 0.1) is 0 Å². The average molecular weight is 609 g/mol. The third kappa shape index (κ3) is 7.06. The van der Waals surface area contributed by atoms with E-state index in [1.807, 2.05) is 11.1 Å². The lowest BCUT2D eigenvalue weighted by molar-refractivity contribution is 0.133. The highest BCUT2D eigenvalue weighted by molar-refractivity contribution is 5.63. The maximum absolute atomic E-state index is 4.56. The van der Waals surface area contributed by atoms with Gasteiger partial charge in [-0.3, -0.25) is 4.99 Å². The first-order chi connectivity index (χ1) is 22.2. The van der Waals surface area contributed by atoms with Gasteiger partial charge in [-0.05, 0) is 144 Å². The highest BCUT2D eigenvalue weighted by Gasteiger charge is 2.44. The Balaban J connectivity index is 1.12. The van der Waals surface area contributed by atoms with Crippen molar-refractivity contribution in [3.05, 3.63) is 59.4 Å². The fourth-order valence-electron chi connectivity index (χ4n) is 11.3. The Hall–Kier alpha value is -1.83. The predicted molar refractivity (Wildman–Crippen MR) is 192 cm³/mol. The second-order valence-electron chi connectivity index (χ2n) is 16.4. The number of nitrogens with one attached hydrogen (secondary N) is 1. The van der Waals surface area contributed by atoms with Crippen molar-refractivity contribution in [3.63, 3.8) is 0 Å². The van der Waals surface area contributed by atoms with E-state index in [1.165, 1.54) is 116 Å². The van der Waals surface area contributed by atoms with Crippen LogP contribution in [0.15, 0.2) is 64.4 Å². The van der Waals surface area contributed by atoms with Gasteiger partial charge in [0, 0.05) is 36.3 Å². The number of allylic oxidation sites excluding steroid dienone is 9. The van der Waals surface area contributed by atoms with Crippen LogP contribution in [0.5, 0.6) is 0 Å². The van der Waals surface area contributed by atoms with Crippen molar-refractivity contribution >= 4 is 6.21 Å². The van der Waals surface area contributed by atoms with E-state index in [0.29, 0.717) is 41.5 Å². The van der Waals surface area contributed by atoms with Gasteiger partial charge in [-0.15, -0.1) is 0 Å².